The van der Waals surface area contributed by atoms with Crippen molar-refractivity contribution in [1.82, 2.24) is 0 Å². The molecule has 1 amide bonds. The lowest BCUT2D eigenvalue weighted by Crippen LogP contribution is -2.38. The minimum atomic E-state index is -4.04. The van der Waals surface area contributed by atoms with Crippen molar-refractivity contribution in [1.29, 1.82) is 0 Å². The molecule has 8 heteroatoms. The zero-order chi connectivity index (χ0) is 23.1. The average Bonchev–Trinajstić information content (AvgIpc) is 2.79. The zero-order valence-corrected chi connectivity index (χ0v) is 19.1. The summed E-state index contributed by atoms with van der Waals surface area (Å²) in [5.41, 5.74) is 1.67. The number of hydrogen-bond acceptors (Lipinski definition) is 5. The molecule has 0 aliphatic carbocycles. The first kappa shape index (κ1) is 23.1. The monoisotopic (exact) mass is 454 g/mol. The minimum Gasteiger partial charge on any atom is -0.495 e. The van der Waals surface area contributed by atoms with Crippen LogP contribution in [0.3, 0.4) is 0 Å². The van der Waals surface area contributed by atoms with Crippen LogP contribution in [0.2, 0.25) is 0 Å². The highest BCUT2D eigenvalue weighted by molar-refractivity contribution is 7.92. The van der Waals surface area contributed by atoms with E-state index in [1.54, 1.807) is 54.6 Å². The lowest BCUT2D eigenvalue weighted by molar-refractivity contribution is -0.114. The van der Waals surface area contributed by atoms with E-state index in [0.29, 0.717) is 23.8 Å². The fourth-order valence-corrected chi connectivity index (χ4v) is 4.65. The Balaban J connectivity index is 2.01. The summed E-state index contributed by atoms with van der Waals surface area (Å²) in [4.78, 5) is 13.1. The number of aryl methyl sites for hydroxylation is 1. The van der Waals surface area contributed by atoms with Gasteiger partial charge in [0.05, 0.1) is 30.0 Å². The summed E-state index contributed by atoms with van der Waals surface area (Å²) < 4.78 is 39.1. The van der Waals surface area contributed by atoms with Crippen LogP contribution in [0.15, 0.2) is 77.7 Å². The number of anilines is 2. The first-order valence-electron chi connectivity index (χ1n) is 10.1. The van der Waals surface area contributed by atoms with E-state index >= 15 is 0 Å². The fraction of sp³-hybridized carbons (Fsp3) is 0.208. The Morgan fingerprint density at radius 1 is 0.969 bits per heavy atom. The number of ether oxygens (including phenoxy) is 2. The van der Waals surface area contributed by atoms with Crippen molar-refractivity contribution in [3.63, 3.8) is 0 Å². The number of sulfonamides is 1. The number of hydrogen-bond donors (Lipinski definition) is 1. The Bertz CT molecular complexity index is 1180. The highest BCUT2D eigenvalue weighted by atomic mass is 32.2. The highest BCUT2D eigenvalue weighted by Crippen LogP contribution is 2.33. The van der Waals surface area contributed by atoms with Gasteiger partial charge in [-0.15, -0.1) is 0 Å². The van der Waals surface area contributed by atoms with Gasteiger partial charge in [-0.3, -0.25) is 9.10 Å². The summed E-state index contributed by atoms with van der Waals surface area (Å²) in [6.07, 6.45) is 0. The van der Waals surface area contributed by atoms with Crippen molar-refractivity contribution in [3.05, 3.63) is 78.4 Å². The van der Waals surface area contributed by atoms with Crippen LogP contribution in [0.25, 0.3) is 0 Å². The maximum Gasteiger partial charge on any atom is 0.264 e. The molecule has 0 aliphatic heterocycles. The minimum absolute atomic E-state index is 0.0761. The van der Waals surface area contributed by atoms with Gasteiger partial charge in [-0.1, -0.05) is 36.4 Å². The number of para-hydroxylation sites is 2. The fourth-order valence-electron chi connectivity index (χ4n) is 3.20. The van der Waals surface area contributed by atoms with E-state index in [1.165, 1.54) is 19.2 Å². The Hall–Kier alpha value is -3.52. The molecule has 0 radical (unpaired) electrons. The topological polar surface area (TPSA) is 84.9 Å². The Labute approximate surface area is 188 Å². The van der Waals surface area contributed by atoms with E-state index in [1.807, 2.05) is 19.9 Å². The number of amides is 1. The molecule has 0 saturated carbocycles. The number of methoxy groups -OCH3 is 1. The highest BCUT2D eigenvalue weighted by Gasteiger charge is 2.29. The molecule has 3 aromatic rings. The van der Waals surface area contributed by atoms with Gasteiger partial charge in [0.25, 0.3) is 10.0 Å². The molecule has 0 spiro atoms. The molecule has 32 heavy (non-hydrogen) atoms. The SMILES string of the molecule is CCOc1ccccc1N(CC(=O)Nc1cc(C)ccc1OC)S(=O)(=O)c1ccccc1. The van der Waals surface area contributed by atoms with E-state index in [0.717, 1.165) is 9.87 Å². The quantitative estimate of drug-likeness (QED) is 0.523. The van der Waals surface area contributed by atoms with Crippen molar-refractivity contribution in [2.75, 3.05) is 29.9 Å². The number of benzene rings is 3. The predicted molar refractivity (Wildman–Crippen MR) is 125 cm³/mol. The molecule has 0 atom stereocenters. The van der Waals surface area contributed by atoms with Gasteiger partial charge in [0.1, 0.15) is 18.0 Å². The van der Waals surface area contributed by atoms with E-state index < -0.39 is 22.5 Å². The van der Waals surface area contributed by atoms with E-state index in [-0.39, 0.29) is 10.6 Å². The summed E-state index contributed by atoms with van der Waals surface area (Å²) in [5.74, 6) is 0.339. The van der Waals surface area contributed by atoms with Crippen LogP contribution in [0, 0.1) is 6.92 Å². The van der Waals surface area contributed by atoms with Gasteiger partial charge >= 0.3 is 0 Å². The Morgan fingerprint density at radius 2 is 1.66 bits per heavy atom. The zero-order valence-electron chi connectivity index (χ0n) is 18.2. The van der Waals surface area contributed by atoms with Crippen molar-refractivity contribution in [3.8, 4) is 11.5 Å². The number of nitrogens with one attached hydrogen (secondary N) is 1. The molecule has 0 aliphatic rings. The summed E-state index contributed by atoms with van der Waals surface area (Å²) in [6.45, 7) is 3.60. The second-order valence-corrected chi connectivity index (χ2v) is 8.84. The second kappa shape index (κ2) is 10.2. The Kier molecular flexibility index (Phi) is 7.37. The van der Waals surface area contributed by atoms with Crippen LogP contribution in [0.4, 0.5) is 11.4 Å². The van der Waals surface area contributed by atoms with Crippen LogP contribution in [-0.2, 0) is 14.8 Å². The first-order chi connectivity index (χ1) is 15.4. The van der Waals surface area contributed by atoms with Crippen LogP contribution in [-0.4, -0.2) is 34.6 Å². The van der Waals surface area contributed by atoms with E-state index in [9.17, 15) is 13.2 Å². The third-order valence-electron chi connectivity index (χ3n) is 4.68. The van der Waals surface area contributed by atoms with Crippen LogP contribution in [0.1, 0.15) is 12.5 Å². The number of carbonyl (C=O) groups is 1. The van der Waals surface area contributed by atoms with Gasteiger partial charge < -0.3 is 14.8 Å². The maximum absolute atomic E-state index is 13.5. The van der Waals surface area contributed by atoms with Crippen molar-refractivity contribution < 1.29 is 22.7 Å². The van der Waals surface area contributed by atoms with Crippen molar-refractivity contribution in [2.24, 2.45) is 0 Å². The van der Waals surface area contributed by atoms with Crippen molar-refractivity contribution >= 4 is 27.3 Å². The third-order valence-corrected chi connectivity index (χ3v) is 6.46. The standard InChI is InChI=1S/C24H26N2O5S/c1-4-31-23-13-9-8-12-21(23)26(32(28,29)19-10-6-5-7-11-19)17-24(27)25-20-16-18(2)14-15-22(20)30-3/h5-16H,4,17H2,1-3H3,(H,25,27). The molecule has 0 unspecified atom stereocenters. The second-order valence-electron chi connectivity index (χ2n) is 6.98. The largest absolute Gasteiger partial charge is 0.495 e. The average molecular weight is 455 g/mol. The molecular weight excluding hydrogens is 428 g/mol. The van der Waals surface area contributed by atoms with Gasteiger partial charge in [0.2, 0.25) is 5.91 Å². The molecular formula is C24H26N2O5S. The molecule has 0 bridgehead atoms. The van der Waals surface area contributed by atoms with Gasteiger partial charge in [-0.05, 0) is 55.8 Å². The third kappa shape index (κ3) is 5.20. The van der Waals surface area contributed by atoms with E-state index in [4.69, 9.17) is 9.47 Å². The molecule has 1 N–H and O–H groups in total. The molecule has 3 rings (SSSR count). The number of carbonyl (C=O) groups excluding carboxylic acids is 1. The van der Waals surface area contributed by atoms with Crippen LogP contribution in [0.5, 0.6) is 11.5 Å². The van der Waals surface area contributed by atoms with Gasteiger partial charge in [0.15, 0.2) is 0 Å². The lowest BCUT2D eigenvalue weighted by Gasteiger charge is -2.26. The van der Waals surface area contributed by atoms with Crippen molar-refractivity contribution in [2.45, 2.75) is 18.7 Å². The summed E-state index contributed by atoms with van der Waals surface area (Å²) in [6, 6.07) is 20.1. The maximum atomic E-state index is 13.5. The molecule has 0 saturated heterocycles. The number of rotatable bonds is 9. The lowest BCUT2D eigenvalue weighted by atomic mass is 10.2. The van der Waals surface area contributed by atoms with Gasteiger partial charge in [0, 0.05) is 0 Å². The summed E-state index contributed by atoms with van der Waals surface area (Å²) in [5, 5.41) is 2.77. The van der Waals surface area contributed by atoms with Crippen LogP contribution < -0.4 is 19.1 Å². The molecule has 168 valence electrons. The molecule has 7 nitrogen and oxygen atoms in total. The normalized spacial score (nSPS) is 11.0. The first-order valence-corrected chi connectivity index (χ1v) is 11.5. The molecule has 0 fully saturated rings. The summed E-state index contributed by atoms with van der Waals surface area (Å²) in [7, 11) is -2.54. The van der Waals surface area contributed by atoms with Gasteiger partial charge in [-0.2, -0.15) is 0 Å². The van der Waals surface area contributed by atoms with E-state index in [2.05, 4.69) is 5.32 Å². The molecule has 0 aromatic heterocycles. The Morgan fingerprint density at radius 3 is 2.34 bits per heavy atom. The molecule has 0 heterocycles. The predicted octanol–water partition coefficient (Wildman–Crippen LogP) is 4.24. The summed E-state index contributed by atoms with van der Waals surface area (Å²) >= 11 is 0. The smallest absolute Gasteiger partial charge is 0.264 e. The number of nitrogens with zero attached hydrogens (tertiary/aromatic N) is 1. The van der Waals surface area contributed by atoms with Gasteiger partial charge in [-0.25, -0.2) is 8.42 Å². The molecule has 3 aromatic carbocycles. The van der Waals surface area contributed by atoms with Crippen LogP contribution >= 0.6 is 0 Å².